The van der Waals surface area contributed by atoms with Crippen molar-refractivity contribution in [3.8, 4) is 0 Å². The number of rotatable bonds is 3. The second kappa shape index (κ2) is 7.74. The molecule has 0 amide bonds. The van der Waals surface area contributed by atoms with E-state index in [4.69, 9.17) is 0 Å². The van der Waals surface area contributed by atoms with Gasteiger partial charge in [0, 0.05) is 0 Å². The average molecular weight is 152 g/mol. The molecule has 0 aromatic carbocycles. The van der Waals surface area contributed by atoms with Crippen molar-refractivity contribution < 1.29 is 51.4 Å². The van der Waals surface area contributed by atoms with E-state index in [0.29, 0.717) is 5.92 Å². The summed E-state index contributed by atoms with van der Waals surface area (Å²) in [5, 5.41) is 0. The zero-order valence-corrected chi connectivity index (χ0v) is 10.4. The number of hydrogen-bond acceptors (Lipinski definition) is 0. The maximum atomic E-state index is 3.96. The molecule has 0 spiro atoms. The first-order valence-electron chi connectivity index (χ1n) is 3.51. The SMILES string of the molecule is [CH2-]C(C)C(C)CCC.[K+]. The van der Waals surface area contributed by atoms with E-state index in [0.717, 1.165) is 5.92 Å². The van der Waals surface area contributed by atoms with E-state index < -0.39 is 0 Å². The van der Waals surface area contributed by atoms with Gasteiger partial charge in [-0.2, -0.15) is 5.92 Å². The second-order valence-corrected chi connectivity index (χ2v) is 2.74. The third-order valence-corrected chi connectivity index (χ3v) is 1.72. The zero-order chi connectivity index (χ0) is 6.57. The normalized spacial score (nSPS) is 16.0. The van der Waals surface area contributed by atoms with E-state index in [1.807, 2.05) is 0 Å². The molecule has 0 saturated carbocycles. The first-order chi connectivity index (χ1) is 3.68. The van der Waals surface area contributed by atoms with Crippen molar-refractivity contribution in [3.05, 3.63) is 6.92 Å². The van der Waals surface area contributed by atoms with E-state index in [1.54, 1.807) is 0 Å². The van der Waals surface area contributed by atoms with Crippen LogP contribution < -0.4 is 51.4 Å². The largest absolute Gasteiger partial charge is 1.00 e. The summed E-state index contributed by atoms with van der Waals surface area (Å²) in [6, 6.07) is 0. The second-order valence-electron chi connectivity index (χ2n) is 2.74. The van der Waals surface area contributed by atoms with Gasteiger partial charge >= 0.3 is 51.4 Å². The van der Waals surface area contributed by atoms with Crippen LogP contribution in [0.25, 0.3) is 0 Å². The van der Waals surface area contributed by atoms with Crippen LogP contribution in [0.4, 0.5) is 0 Å². The summed E-state index contributed by atoms with van der Waals surface area (Å²) < 4.78 is 0. The Hall–Kier alpha value is 1.64. The molecule has 0 nitrogen and oxygen atoms in total. The summed E-state index contributed by atoms with van der Waals surface area (Å²) in [5.74, 6) is 1.43. The van der Waals surface area contributed by atoms with Crippen LogP contribution in [0, 0.1) is 18.8 Å². The van der Waals surface area contributed by atoms with E-state index in [-0.39, 0.29) is 51.4 Å². The van der Waals surface area contributed by atoms with Gasteiger partial charge in [-0.1, -0.05) is 39.5 Å². The van der Waals surface area contributed by atoms with Crippen molar-refractivity contribution in [3.63, 3.8) is 0 Å². The molecule has 2 unspecified atom stereocenters. The van der Waals surface area contributed by atoms with Crippen LogP contribution in [0.1, 0.15) is 33.6 Å². The molecule has 0 rings (SSSR count). The van der Waals surface area contributed by atoms with Gasteiger partial charge < -0.3 is 6.92 Å². The van der Waals surface area contributed by atoms with Gasteiger partial charge in [0.2, 0.25) is 0 Å². The van der Waals surface area contributed by atoms with Crippen LogP contribution >= 0.6 is 0 Å². The summed E-state index contributed by atoms with van der Waals surface area (Å²) >= 11 is 0. The molecule has 0 saturated heterocycles. The molecule has 2 atom stereocenters. The standard InChI is InChI=1S/C8H17.K/c1-5-6-8(4)7(2)3;/h7-8H,2,5-6H2,1,3-4H3;/q-1;+1. The smallest absolute Gasteiger partial charge is 0.340 e. The van der Waals surface area contributed by atoms with Crippen LogP contribution in [0.3, 0.4) is 0 Å². The molecular weight excluding hydrogens is 135 g/mol. The Morgan fingerprint density at radius 1 is 1.33 bits per heavy atom. The monoisotopic (exact) mass is 152 g/mol. The molecule has 0 heterocycles. The molecule has 0 radical (unpaired) electrons. The molecule has 0 aliphatic rings. The molecule has 0 bridgehead atoms. The predicted octanol–water partition coefficient (Wildman–Crippen LogP) is -0.103. The zero-order valence-electron chi connectivity index (χ0n) is 7.28. The molecule has 9 heavy (non-hydrogen) atoms. The van der Waals surface area contributed by atoms with Gasteiger partial charge in [0.15, 0.2) is 0 Å². The predicted molar refractivity (Wildman–Crippen MR) is 38.6 cm³/mol. The van der Waals surface area contributed by atoms with Crippen LogP contribution in [-0.2, 0) is 0 Å². The minimum atomic E-state index is 0. The Morgan fingerprint density at radius 2 is 1.78 bits per heavy atom. The van der Waals surface area contributed by atoms with Crippen LogP contribution in [0.15, 0.2) is 0 Å². The first kappa shape index (κ1) is 13.2. The minimum absolute atomic E-state index is 0. The van der Waals surface area contributed by atoms with Gasteiger partial charge in [-0.3, -0.25) is 0 Å². The van der Waals surface area contributed by atoms with E-state index >= 15 is 0 Å². The Labute approximate surface area is 102 Å². The fraction of sp³-hybridized carbons (Fsp3) is 0.875. The summed E-state index contributed by atoms with van der Waals surface area (Å²) in [6.45, 7) is 10.6. The fourth-order valence-electron chi connectivity index (χ4n) is 0.740. The fourth-order valence-corrected chi connectivity index (χ4v) is 0.740. The van der Waals surface area contributed by atoms with Gasteiger partial charge in [-0.05, 0) is 0 Å². The molecule has 0 aliphatic heterocycles. The van der Waals surface area contributed by atoms with Crippen LogP contribution in [-0.4, -0.2) is 0 Å². The van der Waals surface area contributed by atoms with Gasteiger partial charge in [0.05, 0.1) is 0 Å². The maximum absolute atomic E-state index is 3.96. The van der Waals surface area contributed by atoms with Gasteiger partial charge in [-0.25, -0.2) is 0 Å². The molecule has 0 N–H and O–H groups in total. The van der Waals surface area contributed by atoms with Crippen molar-refractivity contribution in [1.29, 1.82) is 0 Å². The molecular formula is C8H17K. The molecule has 0 fully saturated rings. The molecule has 0 aliphatic carbocycles. The molecule has 0 aromatic rings. The third-order valence-electron chi connectivity index (χ3n) is 1.72. The van der Waals surface area contributed by atoms with E-state index in [1.165, 1.54) is 12.8 Å². The van der Waals surface area contributed by atoms with Crippen molar-refractivity contribution in [2.24, 2.45) is 11.8 Å². The van der Waals surface area contributed by atoms with Crippen LogP contribution in [0.2, 0.25) is 0 Å². The molecule has 50 valence electrons. The number of hydrogen-bond donors (Lipinski definition) is 0. The summed E-state index contributed by atoms with van der Waals surface area (Å²) in [5.41, 5.74) is 0. The van der Waals surface area contributed by atoms with Crippen molar-refractivity contribution in [1.82, 2.24) is 0 Å². The quantitative estimate of drug-likeness (QED) is 0.391. The summed E-state index contributed by atoms with van der Waals surface area (Å²) in [6.07, 6.45) is 2.62. The van der Waals surface area contributed by atoms with Crippen LogP contribution in [0.5, 0.6) is 0 Å². The Kier molecular flexibility index (Phi) is 11.4. The first-order valence-corrected chi connectivity index (χ1v) is 3.51. The van der Waals surface area contributed by atoms with E-state index in [2.05, 4.69) is 27.7 Å². The van der Waals surface area contributed by atoms with Gasteiger partial charge in [0.1, 0.15) is 0 Å². The van der Waals surface area contributed by atoms with Crippen molar-refractivity contribution in [2.75, 3.05) is 0 Å². The maximum Gasteiger partial charge on any atom is 1.00 e. The van der Waals surface area contributed by atoms with Gasteiger partial charge in [0.25, 0.3) is 0 Å². The topological polar surface area (TPSA) is 0 Å². The molecule has 0 aromatic heterocycles. The third kappa shape index (κ3) is 7.53. The molecule has 1 heteroatoms. The van der Waals surface area contributed by atoms with Crippen molar-refractivity contribution in [2.45, 2.75) is 33.6 Å². The Balaban J connectivity index is 0. The summed E-state index contributed by atoms with van der Waals surface area (Å²) in [4.78, 5) is 0. The van der Waals surface area contributed by atoms with E-state index in [9.17, 15) is 0 Å². The minimum Gasteiger partial charge on any atom is -0.340 e. The van der Waals surface area contributed by atoms with Crippen molar-refractivity contribution >= 4 is 0 Å². The Morgan fingerprint density at radius 3 is 1.89 bits per heavy atom. The summed E-state index contributed by atoms with van der Waals surface area (Å²) in [7, 11) is 0. The Bertz CT molecular complexity index is 50.5. The van der Waals surface area contributed by atoms with Gasteiger partial charge in [-0.15, -0.1) is 0 Å². The average Bonchev–Trinajstić information content (AvgIpc) is 1.67.